The van der Waals surface area contributed by atoms with Gasteiger partial charge in [0.1, 0.15) is 28.8 Å². The smallest absolute Gasteiger partial charge is 0.164 e. The molecular weight excluding hydrogens is 968 g/mol. The third-order valence-corrected chi connectivity index (χ3v) is 17.8. The fourth-order valence-corrected chi connectivity index (χ4v) is 13.1. The minimum Gasteiger partial charge on any atom is -0.399 e. The van der Waals surface area contributed by atoms with Crippen molar-refractivity contribution >= 4 is 34.0 Å². The summed E-state index contributed by atoms with van der Waals surface area (Å²) in [6.07, 6.45) is 15.8. The van der Waals surface area contributed by atoms with Gasteiger partial charge in [-0.25, -0.2) is 17.6 Å². The summed E-state index contributed by atoms with van der Waals surface area (Å²) in [5.41, 5.74) is 18.1. The monoisotopic (exact) mass is 1050 g/mol. The van der Waals surface area contributed by atoms with E-state index in [0.29, 0.717) is 71.6 Å². The quantitative estimate of drug-likeness (QED) is 0.0897. The van der Waals surface area contributed by atoms with Crippen LogP contribution in [0.5, 0.6) is 0 Å². The molecule has 5 aromatic rings. The highest BCUT2D eigenvalue weighted by molar-refractivity contribution is 6.34. The molecule has 1 aromatic heterocycles. The molecule has 75 heavy (non-hydrogen) atoms. The number of fused-ring (bicyclic) bond motifs is 2. The van der Waals surface area contributed by atoms with E-state index < -0.39 is 28.7 Å². The van der Waals surface area contributed by atoms with Gasteiger partial charge in [0.2, 0.25) is 0 Å². The second kappa shape index (κ2) is 23.5. The Bertz CT molecular complexity index is 2920. The zero-order valence-corrected chi connectivity index (χ0v) is 45.8. The number of anilines is 1. The lowest BCUT2D eigenvalue weighted by molar-refractivity contribution is 0.100. The molecule has 0 bridgehead atoms. The topological polar surface area (TPSA) is 91.6 Å². The van der Waals surface area contributed by atoms with Crippen LogP contribution < -0.4 is 21.7 Å². The zero-order valence-electron chi connectivity index (χ0n) is 45.0. The van der Waals surface area contributed by atoms with Crippen LogP contribution in [0.2, 0.25) is 5.02 Å². The van der Waals surface area contributed by atoms with Crippen LogP contribution in [0.3, 0.4) is 0 Å². The molecule has 13 heteroatoms. The molecule has 5 N–H and O–H groups in total. The highest BCUT2D eigenvalue weighted by atomic mass is 35.5. The second-order valence-corrected chi connectivity index (χ2v) is 22.6. The van der Waals surface area contributed by atoms with E-state index in [1.165, 1.54) is 61.8 Å². The molecule has 402 valence electrons. The van der Waals surface area contributed by atoms with Crippen molar-refractivity contribution < 1.29 is 17.6 Å². The number of likely N-dealkylation sites (N-methyl/N-ethyl adjacent to an activating group) is 1. The fraction of sp³-hybridized carbons (Fsp3) is 0.468. The maximum atomic E-state index is 16.0. The van der Waals surface area contributed by atoms with Crippen molar-refractivity contribution in [3.8, 4) is 11.1 Å². The summed E-state index contributed by atoms with van der Waals surface area (Å²) >= 11 is 6.59. The molecule has 1 saturated carbocycles. The van der Waals surface area contributed by atoms with E-state index in [9.17, 15) is 0 Å². The Hall–Kier alpha value is -5.40. The third kappa shape index (κ3) is 11.1. The summed E-state index contributed by atoms with van der Waals surface area (Å²) in [6, 6.07) is 16.4. The molecule has 8 nitrogen and oxygen atoms in total. The predicted molar refractivity (Wildman–Crippen MR) is 303 cm³/mol. The van der Waals surface area contributed by atoms with Crippen molar-refractivity contribution in [3.63, 3.8) is 0 Å². The van der Waals surface area contributed by atoms with Crippen molar-refractivity contribution in [1.29, 1.82) is 0 Å². The van der Waals surface area contributed by atoms with Gasteiger partial charge in [0.05, 0.1) is 10.4 Å². The van der Waals surface area contributed by atoms with Crippen molar-refractivity contribution in [2.24, 2.45) is 24.4 Å². The van der Waals surface area contributed by atoms with Gasteiger partial charge in [0.15, 0.2) is 11.6 Å². The number of hydrogen-bond acceptors (Lipinski definition) is 7. The molecule has 0 spiro atoms. The van der Waals surface area contributed by atoms with Crippen molar-refractivity contribution in [2.75, 3.05) is 51.2 Å². The van der Waals surface area contributed by atoms with Crippen LogP contribution in [0, 0.1) is 29.2 Å². The standard InChI is InChI=1S/C28H29ClF2N2.C26H36F2N6.C8H14/c1-4-8-18-11-12-21(17(3)33)24(27(18)31)25-23-16(2)28(15-32,20-9-6-5-7-10-20)14-19(23)13-22(30)26(25)29;1-17-7-14-34(18(2)29-17)25-20-15-21(27)22(23(28)24(20)32(5)30-25)19-8-12-33(13-9-19)16-26(3)10-6-11-31(26)4;1-2-8-6-4-3-5-7-8/h5-7,9-13,16H,3-4,8,14-15,32-33H2,1-2H3;15,19,29H,1-2,6-14,16H2,3-5H3;2,8H,1,3-7H2/t16-,28+;26-;/m00./s1. The number of nitrogens with two attached hydrogens (primary N) is 2. The Kier molecular flexibility index (Phi) is 17.5. The van der Waals surface area contributed by atoms with E-state index >= 15 is 17.6 Å². The van der Waals surface area contributed by atoms with Crippen molar-refractivity contribution in [3.05, 3.63) is 160 Å². The van der Waals surface area contributed by atoms with Gasteiger partial charge in [-0.15, -0.1) is 6.58 Å². The number of piperidine rings is 1. The van der Waals surface area contributed by atoms with Crippen LogP contribution >= 0.6 is 11.6 Å². The maximum Gasteiger partial charge on any atom is 0.164 e. The molecule has 3 saturated heterocycles. The fourth-order valence-electron chi connectivity index (χ4n) is 12.9. The van der Waals surface area contributed by atoms with Gasteiger partial charge in [-0.2, -0.15) is 5.10 Å². The first-order chi connectivity index (χ1) is 35.9. The van der Waals surface area contributed by atoms with Gasteiger partial charge in [-0.05, 0) is 137 Å². The molecular formula is C62H79ClF4N8. The van der Waals surface area contributed by atoms with E-state index in [1.807, 2.05) is 42.2 Å². The van der Waals surface area contributed by atoms with Crippen LogP contribution in [0.25, 0.3) is 27.7 Å². The largest absolute Gasteiger partial charge is 0.399 e. The Morgan fingerprint density at radius 3 is 2.20 bits per heavy atom. The molecule has 0 radical (unpaired) electrons. The minimum atomic E-state index is -0.577. The number of aromatic nitrogens is 2. The van der Waals surface area contributed by atoms with Crippen molar-refractivity contribution in [1.82, 2.24) is 24.9 Å². The van der Waals surface area contributed by atoms with Gasteiger partial charge < -0.3 is 26.6 Å². The maximum absolute atomic E-state index is 16.0. The molecule has 4 aromatic carbocycles. The van der Waals surface area contributed by atoms with Gasteiger partial charge >= 0.3 is 0 Å². The number of likely N-dealkylation sites (tertiary alicyclic amines) is 2. The first-order valence-electron chi connectivity index (χ1n) is 27.2. The van der Waals surface area contributed by atoms with Gasteiger partial charge in [-0.3, -0.25) is 9.58 Å². The second-order valence-electron chi connectivity index (χ2n) is 22.2. The summed E-state index contributed by atoms with van der Waals surface area (Å²) in [5.74, 6) is -0.198. The molecule has 3 atom stereocenters. The molecule has 3 aliphatic heterocycles. The summed E-state index contributed by atoms with van der Waals surface area (Å²) in [7, 11) is 3.92. The number of allylic oxidation sites excluding steroid dienone is 1. The zero-order chi connectivity index (χ0) is 53.9. The van der Waals surface area contributed by atoms with Gasteiger partial charge in [0, 0.05) is 77.7 Å². The van der Waals surface area contributed by atoms with E-state index in [0.717, 1.165) is 73.7 Å². The number of aryl methyl sites for hydroxylation is 2. The van der Waals surface area contributed by atoms with Crippen LogP contribution in [-0.4, -0.2) is 71.4 Å². The number of halogens is 5. The molecule has 5 aliphatic rings. The first kappa shape index (κ1) is 55.8. The highest BCUT2D eigenvalue weighted by Gasteiger charge is 2.47. The summed E-state index contributed by atoms with van der Waals surface area (Å²) in [4.78, 5) is 6.79. The number of nitrogens with one attached hydrogen (secondary N) is 1. The Labute approximate surface area is 448 Å². The average Bonchev–Trinajstić information content (AvgIpc) is 4.01. The SMILES string of the molecule is C=C(N)c1ccc(CCC)c(F)c1-c1c(Cl)c(F)cc2c1[C@H](C)[C@@](CN)(c1ccccc1)C2.C=C1CCN(c2nn(C)c3c(F)c(C4CCN(C[C@]5(C)CCCN5C)CC4)c(F)cc23)C(=C)N1.C=CC1CCCCC1. The highest BCUT2D eigenvalue weighted by Crippen LogP contribution is 2.55. The molecule has 0 amide bonds. The van der Waals surface area contributed by atoms with Crippen LogP contribution in [0.1, 0.15) is 137 Å². The molecule has 10 rings (SSSR count). The Morgan fingerprint density at radius 1 is 0.893 bits per heavy atom. The van der Waals surface area contributed by atoms with Crippen LogP contribution in [-0.2, 0) is 25.3 Å². The number of rotatable bonds is 11. The first-order valence-corrected chi connectivity index (χ1v) is 27.6. The van der Waals surface area contributed by atoms with E-state index in [1.54, 1.807) is 19.2 Å². The summed E-state index contributed by atoms with van der Waals surface area (Å²) in [5, 5.41) is 8.05. The van der Waals surface area contributed by atoms with Crippen molar-refractivity contribution in [2.45, 2.75) is 127 Å². The molecule has 4 heterocycles. The molecule has 2 aliphatic carbocycles. The normalized spacial score (nSPS) is 22.6. The predicted octanol–water partition coefficient (Wildman–Crippen LogP) is 13.8. The average molecular weight is 1050 g/mol. The Morgan fingerprint density at radius 2 is 1.60 bits per heavy atom. The van der Waals surface area contributed by atoms with Crippen LogP contribution in [0.15, 0.2) is 98.5 Å². The Balaban J connectivity index is 0.000000173. The van der Waals surface area contributed by atoms with E-state index in [2.05, 4.69) is 73.5 Å². The molecule has 0 unspecified atom stereocenters. The lowest BCUT2D eigenvalue weighted by Gasteiger charge is -2.40. The summed E-state index contributed by atoms with van der Waals surface area (Å²) in [6.45, 7) is 26.9. The third-order valence-electron chi connectivity index (χ3n) is 17.4. The van der Waals surface area contributed by atoms with E-state index in [-0.39, 0.29) is 39.2 Å². The molecule has 4 fully saturated rings. The van der Waals surface area contributed by atoms with E-state index in [4.69, 9.17) is 23.1 Å². The lowest BCUT2D eigenvalue weighted by atomic mass is 9.71. The van der Waals surface area contributed by atoms with Gasteiger partial charge in [0.25, 0.3) is 0 Å². The summed E-state index contributed by atoms with van der Waals surface area (Å²) < 4.78 is 64.0. The number of nitrogens with zero attached hydrogens (tertiary/aromatic N) is 5. The van der Waals surface area contributed by atoms with Gasteiger partial charge in [-0.1, -0.05) is 119 Å². The number of hydrogen-bond donors (Lipinski definition) is 3. The lowest BCUT2D eigenvalue weighted by Crippen LogP contribution is -2.50. The number of benzene rings is 4. The van der Waals surface area contributed by atoms with Crippen LogP contribution in [0.4, 0.5) is 23.4 Å². The minimum absolute atomic E-state index is 0.100.